The van der Waals surface area contributed by atoms with E-state index in [0.29, 0.717) is 35.9 Å². The van der Waals surface area contributed by atoms with E-state index < -0.39 is 29.5 Å². The molecular formula is C23H25N5O5. The predicted molar refractivity (Wildman–Crippen MR) is 118 cm³/mol. The molecule has 2 aliphatic rings. The molecule has 33 heavy (non-hydrogen) atoms. The third-order valence-electron chi connectivity index (χ3n) is 5.75. The van der Waals surface area contributed by atoms with Gasteiger partial charge in [-0.2, -0.15) is 0 Å². The summed E-state index contributed by atoms with van der Waals surface area (Å²) in [4.78, 5) is 67.4. The normalized spacial score (nSPS) is 17.5. The Labute approximate surface area is 190 Å². The largest absolute Gasteiger partial charge is 0.352 e. The second-order valence-corrected chi connectivity index (χ2v) is 8.19. The van der Waals surface area contributed by atoms with E-state index in [-0.39, 0.29) is 25.0 Å². The Balaban J connectivity index is 1.31. The SMILES string of the molecule is O=C(CNC(=O)C(=O)[C@@H]1CCCN1C(=O)CNC(=O)c1ccnc2ccccc12)NC1CC1. The van der Waals surface area contributed by atoms with Gasteiger partial charge in [0, 0.05) is 24.2 Å². The van der Waals surface area contributed by atoms with Crippen LogP contribution in [0.25, 0.3) is 10.9 Å². The molecule has 1 saturated heterocycles. The van der Waals surface area contributed by atoms with Crippen molar-refractivity contribution in [3.05, 3.63) is 42.1 Å². The van der Waals surface area contributed by atoms with Gasteiger partial charge in [0.15, 0.2) is 0 Å². The fourth-order valence-corrected chi connectivity index (χ4v) is 3.89. The molecule has 1 aliphatic carbocycles. The molecule has 1 aromatic carbocycles. The fraction of sp³-hybridized carbons (Fsp3) is 0.391. The van der Waals surface area contributed by atoms with Crippen LogP contribution < -0.4 is 16.0 Å². The maximum absolute atomic E-state index is 12.7. The molecule has 0 spiro atoms. The van der Waals surface area contributed by atoms with E-state index in [9.17, 15) is 24.0 Å². The van der Waals surface area contributed by atoms with Crippen LogP contribution in [0.1, 0.15) is 36.0 Å². The summed E-state index contributed by atoms with van der Waals surface area (Å²) in [5, 5.41) is 8.32. The molecule has 0 unspecified atom stereocenters. The summed E-state index contributed by atoms with van der Waals surface area (Å²) in [7, 11) is 0. The lowest BCUT2D eigenvalue weighted by Gasteiger charge is -2.23. The number of nitrogens with one attached hydrogen (secondary N) is 3. The maximum atomic E-state index is 12.7. The number of benzene rings is 1. The van der Waals surface area contributed by atoms with Gasteiger partial charge in [-0.15, -0.1) is 0 Å². The van der Waals surface area contributed by atoms with Gasteiger partial charge in [-0.05, 0) is 37.8 Å². The van der Waals surface area contributed by atoms with Gasteiger partial charge in [-0.3, -0.25) is 29.0 Å². The van der Waals surface area contributed by atoms with E-state index in [1.165, 1.54) is 11.1 Å². The second-order valence-electron chi connectivity index (χ2n) is 8.19. The molecule has 172 valence electrons. The Morgan fingerprint density at radius 2 is 1.76 bits per heavy atom. The second kappa shape index (κ2) is 9.76. The molecule has 3 N–H and O–H groups in total. The standard InChI is InChI=1S/C23H25N5O5/c29-19(27-14-7-8-14)12-25-23(33)21(31)18-6-3-11-28(18)20(30)13-26-22(32)16-9-10-24-17-5-2-1-4-15(16)17/h1-2,4-5,9-10,14,18H,3,6-8,11-13H2,(H,25,33)(H,26,32)(H,27,29)/t18-/m0/s1. The number of pyridine rings is 1. The summed E-state index contributed by atoms with van der Waals surface area (Å²) in [6.45, 7) is -0.263. The number of likely N-dealkylation sites (tertiary alicyclic amines) is 1. The summed E-state index contributed by atoms with van der Waals surface area (Å²) < 4.78 is 0. The molecule has 10 heteroatoms. The van der Waals surface area contributed by atoms with Crippen LogP contribution in [0.4, 0.5) is 0 Å². The Morgan fingerprint density at radius 1 is 0.970 bits per heavy atom. The van der Waals surface area contributed by atoms with Crippen molar-refractivity contribution in [1.29, 1.82) is 0 Å². The molecule has 4 rings (SSSR count). The lowest BCUT2D eigenvalue weighted by atomic mass is 10.1. The van der Waals surface area contributed by atoms with Crippen molar-refractivity contribution >= 4 is 40.3 Å². The van der Waals surface area contributed by atoms with Gasteiger partial charge >= 0.3 is 0 Å². The first-order valence-corrected chi connectivity index (χ1v) is 11.0. The number of rotatable bonds is 8. The molecule has 2 heterocycles. The molecule has 0 bridgehead atoms. The lowest BCUT2D eigenvalue weighted by molar-refractivity contribution is -0.144. The maximum Gasteiger partial charge on any atom is 0.290 e. The van der Waals surface area contributed by atoms with Crippen molar-refractivity contribution in [2.45, 2.75) is 37.8 Å². The van der Waals surface area contributed by atoms with Crippen LogP contribution in [0.5, 0.6) is 0 Å². The highest BCUT2D eigenvalue weighted by Crippen LogP contribution is 2.20. The summed E-state index contributed by atoms with van der Waals surface area (Å²) in [6, 6.07) is 8.02. The number of hydrogen-bond donors (Lipinski definition) is 3. The zero-order valence-corrected chi connectivity index (χ0v) is 18.0. The van der Waals surface area contributed by atoms with E-state index in [1.807, 2.05) is 6.07 Å². The van der Waals surface area contributed by atoms with Gasteiger partial charge < -0.3 is 20.9 Å². The number of para-hydroxylation sites is 1. The van der Waals surface area contributed by atoms with Gasteiger partial charge in [-0.1, -0.05) is 18.2 Å². The van der Waals surface area contributed by atoms with Crippen LogP contribution in [0.2, 0.25) is 0 Å². The molecule has 1 atom stereocenters. The van der Waals surface area contributed by atoms with Crippen molar-refractivity contribution in [3.8, 4) is 0 Å². The highest BCUT2D eigenvalue weighted by Gasteiger charge is 2.37. The third kappa shape index (κ3) is 5.33. The minimum absolute atomic E-state index is 0.161. The number of aromatic nitrogens is 1. The number of Topliss-reactive ketones (excluding diaryl/α,β-unsaturated/α-hetero) is 1. The van der Waals surface area contributed by atoms with Crippen LogP contribution in [0.15, 0.2) is 36.5 Å². The third-order valence-corrected chi connectivity index (χ3v) is 5.75. The number of carbonyl (C=O) groups is 5. The van der Waals surface area contributed by atoms with E-state index >= 15 is 0 Å². The Bertz CT molecular complexity index is 1110. The van der Waals surface area contributed by atoms with Gasteiger partial charge in [-0.25, -0.2) is 0 Å². The Morgan fingerprint density at radius 3 is 2.55 bits per heavy atom. The van der Waals surface area contributed by atoms with Crippen molar-refractivity contribution in [2.24, 2.45) is 0 Å². The van der Waals surface area contributed by atoms with Crippen molar-refractivity contribution < 1.29 is 24.0 Å². The summed E-state index contributed by atoms with van der Waals surface area (Å²) in [5.41, 5.74) is 1.06. The van der Waals surface area contributed by atoms with Crippen molar-refractivity contribution in [2.75, 3.05) is 19.6 Å². The summed E-state index contributed by atoms with van der Waals surface area (Å²) in [5.74, 6) is -2.87. The number of nitrogens with zero attached hydrogens (tertiary/aromatic N) is 2. The van der Waals surface area contributed by atoms with Gasteiger partial charge in [0.25, 0.3) is 11.8 Å². The van der Waals surface area contributed by atoms with Gasteiger partial charge in [0.2, 0.25) is 17.6 Å². The first-order valence-electron chi connectivity index (χ1n) is 11.0. The Hall–Kier alpha value is -3.82. The molecule has 2 aromatic rings. The molecule has 2 fully saturated rings. The van der Waals surface area contributed by atoms with Crippen LogP contribution >= 0.6 is 0 Å². The smallest absolute Gasteiger partial charge is 0.290 e. The minimum atomic E-state index is -0.900. The first kappa shape index (κ1) is 22.4. The zero-order valence-electron chi connectivity index (χ0n) is 18.0. The highest BCUT2D eigenvalue weighted by molar-refractivity contribution is 6.38. The summed E-state index contributed by atoms with van der Waals surface area (Å²) in [6.07, 6.45) is 4.30. The van der Waals surface area contributed by atoms with Gasteiger partial charge in [0.05, 0.1) is 24.2 Å². The monoisotopic (exact) mass is 451 g/mol. The number of fused-ring (bicyclic) bond motifs is 1. The molecule has 1 aromatic heterocycles. The predicted octanol–water partition coefficient (Wildman–Crippen LogP) is -0.0805. The topological polar surface area (TPSA) is 138 Å². The zero-order chi connectivity index (χ0) is 23.4. The van der Waals surface area contributed by atoms with Crippen LogP contribution in [0, 0.1) is 0 Å². The summed E-state index contributed by atoms with van der Waals surface area (Å²) >= 11 is 0. The molecule has 4 amide bonds. The van der Waals surface area contributed by atoms with E-state index in [0.717, 1.165) is 12.8 Å². The average Bonchev–Trinajstić information content (AvgIpc) is 3.50. The van der Waals surface area contributed by atoms with Gasteiger partial charge in [0.1, 0.15) is 6.04 Å². The van der Waals surface area contributed by atoms with E-state index in [2.05, 4.69) is 20.9 Å². The molecule has 0 radical (unpaired) electrons. The average molecular weight is 451 g/mol. The van der Waals surface area contributed by atoms with E-state index in [1.54, 1.807) is 24.3 Å². The van der Waals surface area contributed by atoms with Crippen molar-refractivity contribution in [1.82, 2.24) is 25.8 Å². The Kier molecular flexibility index (Phi) is 6.62. The fourth-order valence-electron chi connectivity index (χ4n) is 3.89. The number of amides is 4. The molecule has 10 nitrogen and oxygen atoms in total. The highest BCUT2D eigenvalue weighted by atomic mass is 16.2. The number of ketones is 1. The number of hydrogen-bond acceptors (Lipinski definition) is 6. The quantitative estimate of drug-likeness (QED) is 0.480. The van der Waals surface area contributed by atoms with Crippen LogP contribution in [-0.4, -0.2) is 71.0 Å². The lowest BCUT2D eigenvalue weighted by Crippen LogP contribution is -2.50. The number of carbonyl (C=O) groups excluding carboxylic acids is 5. The molecule has 1 aliphatic heterocycles. The molecular weight excluding hydrogens is 426 g/mol. The minimum Gasteiger partial charge on any atom is -0.352 e. The molecule has 1 saturated carbocycles. The van der Waals surface area contributed by atoms with Crippen molar-refractivity contribution in [3.63, 3.8) is 0 Å². The van der Waals surface area contributed by atoms with Crippen LogP contribution in [-0.2, 0) is 19.2 Å². The first-order chi connectivity index (χ1) is 15.9. The van der Waals surface area contributed by atoms with Crippen LogP contribution in [0.3, 0.4) is 0 Å². The van der Waals surface area contributed by atoms with E-state index in [4.69, 9.17) is 0 Å².